The van der Waals surface area contributed by atoms with Crippen molar-refractivity contribution in [3.63, 3.8) is 0 Å². The summed E-state index contributed by atoms with van der Waals surface area (Å²) in [6.45, 7) is 2.11. The van der Waals surface area contributed by atoms with Crippen LogP contribution in [0.4, 0.5) is 0 Å². The Kier molecular flexibility index (Phi) is 4.28. The molecular formula is C10H12N2O3. The molecule has 1 heterocycles. The van der Waals surface area contributed by atoms with E-state index in [1.54, 1.807) is 6.92 Å². The third-order valence-electron chi connectivity index (χ3n) is 1.53. The minimum absolute atomic E-state index is 0.359. The van der Waals surface area contributed by atoms with Gasteiger partial charge in [0.2, 0.25) is 5.88 Å². The predicted molar refractivity (Wildman–Crippen MR) is 54.3 cm³/mol. The van der Waals surface area contributed by atoms with Crippen LogP contribution in [0.2, 0.25) is 0 Å². The van der Waals surface area contributed by atoms with Crippen molar-refractivity contribution >= 4 is 12.0 Å². The second-order valence-corrected chi connectivity index (χ2v) is 2.57. The fourth-order valence-electron chi connectivity index (χ4n) is 0.861. The van der Waals surface area contributed by atoms with Crippen molar-refractivity contribution in [1.29, 1.82) is 0 Å². The van der Waals surface area contributed by atoms with Crippen LogP contribution in [-0.2, 0) is 9.53 Å². The molecule has 0 spiro atoms. The smallest absolute Gasteiger partial charge is 0.330 e. The lowest BCUT2D eigenvalue weighted by atomic mass is 10.4. The fourth-order valence-corrected chi connectivity index (χ4v) is 0.861. The Balaban J connectivity index is 2.60. The number of hydrogen-bond donors (Lipinski definition) is 0. The van der Waals surface area contributed by atoms with E-state index in [9.17, 15) is 4.79 Å². The van der Waals surface area contributed by atoms with E-state index >= 15 is 0 Å². The highest BCUT2D eigenvalue weighted by Gasteiger charge is 1.96. The molecule has 0 N–H and O–H groups in total. The van der Waals surface area contributed by atoms with Crippen LogP contribution in [0, 0.1) is 0 Å². The highest BCUT2D eigenvalue weighted by atomic mass is 16.5. The maximum Gasteiger partial charge on any atom is 0.330 e. The first kappa shape index (κ1) is 11.2. The van der Waals surface area contributed by atoms with Gasteiger partial charge in [-0.3, -0.25) is 0 Å². The van der Waals surface area contributed by atoms with Crippen molar-refractivity contribution in [2.24, 2.45) is 0 Å². The number of methoxy groups -OCH3 is 1. The molecule has 0 aliphatic carbocycles. The molecule has 0 unspecified atom stereocenters. The number of aromatic nitrogens is 2. The molecule has 0 aliphatic heterocycles. The van der Waals surface area contributed by atoms with Crippen LogP contribution in [0.25, 0.3) is 6.08 Å². The summed E-state index contributed by atoms with van der Waals surface area (Å²) in [5, 5.41) is 0. The molecule has 0 fully saturated rings. The van der Waals surface area contributed by atoms with Gasteiger partial charge >= 0.3 is 5.97 Å². The van der Waals surface area contributed by atoms with Gasteiger partial charge in [0.15, 0.2) is 0 Å². The van der Waals surface area contributed by atoms with Crippen LogP contribution in [-0.4, -0.2) is 29.7 Å². The molecule has 0 aromatic carbocycles. The maximum absolute atomic E-state index is 11.0. The van der Waals surface area contributed by atoms with Crippen molar-refractivity contribution in [2.45, 2.75) is 6.92 Å². The summed E-state index contributed by atoms with van der Waals surface area (Å²) in [5.41, 5.74) is 0.573. The van der Waals surface area contributed by atoms with E-state index in [1.165, 1.54) is 31.7 Å². The molecule has 1 aromatic rings. The van der Waals surface area contributed by atoms with Crippen molar-refractivity contribution in [1.82, 2.24) is 9.97 Å². The van der Waals surface area contributed by atoms with Crippen LogP contribution >= 0.6 is 0 Å². The number of rotatable bonds is 4. The van der Waals surface area contributed by atoms with E-state index in [4.69, 9.17) is 9.47 Å². The van der Waals surface area contributed by atoms with Crippen molar-refractivity contribution in [2.75, 3.05) is 13.7 Å². The van der Waals surface area contributed by atoms with E-state index in [0.717, 1.165) is 0 Å². The Morgan fingerprint density at radius 2 is 2.27 bits per heavy atom. The zero-order chi connectivity index (χ0) is 11.1. The van der Waals surface area contributed by atoms with Crippen molar-refractivity contribution in [3.8, 4) is 5.88 Å². The fraction of sp³-hybridized carbons (Fsp3) is 0.300. The van der Waals surface area contributed by atoms with Crippen LogP contribution in [0.5, 0.6) is 5.88 Å². The van der Waals surface area contributed by atoms with Crippen molar-refractivity contribution < 1.29 is 14.3 Å². The van der Waals surface area contributed by atoms with Gasteiger partial charge in [0.05, 0.1) is 31.8 Å². The molecule has 80 valence electrons. The molecule has 1 aromatic heterocycles. The van der Waals surface area contributed by atoms with Gasteiger partial charge in [-0.25, -0.2) is 14.8 Å². The van der Waals surface area contributed by atoms with Gasteiger partial charge < -0.3 is 9.47 Å². The summed E-state index contributed by atoms with van der Waals surface area (Å²) in [6.07, 6.45) is 5.82. The van der Waals surface area contributed by atoms with Gasteiger partial charge in [0, 0.05) is 6.08 Å². The Morgan fingerprint density at radius 1 is 1.47 bits per heavy atom. The number of carbonyl (C=O) groups excluding carboxylic acids is 1. The first-order valence-electron chi connectivity index (χ1n) is 4.47. The van der Waals surface area contributed by atoms with E-state index in [-0.39, 0.29) is 0 Å². The zero-order valence-electron chi connectivity index (χ0n) is 8.64. The minimum atomic E-state index is -0.393. The summed E-state index contributed by atoms with van der Waals surface area (Å²) >= 11 is 0. The van der Waals surface area contributed by atoms with Crippen LogP contribution in [0.3, 0.4) is 0 Å². The van der Waals surface area contributed by atoms with E-state index in [1.807, 2.05) is 0 Å². The summed E-state index contributed by atoms with van der Waals surface area (Å²) < 4.78 is 9.55. The quantitative estimate of drug-likeness (QED) is 0.547. The third kappa shape index (κ3) is 3.76. The van der Waals surface area contributed by atoms with Gasteiger partial charge in [-0.05, 0) is 13.0 Å². The highest BCUT2D eigenvalue weighted by Crippen LogP contribution is 2.03. The number of nitrogens with zero attached hydrogens (tertiary/aromatic N) is 2. The standard InChI is InChI=1S/C10H12N2O3/c1-3-15-10(13)5-4-8-6-12-9(14-2)7-11-8/h4-7H,3H2,1-2H3/b5-4+. The normalized spacial score (nSPS) is 10.3. The number of hydrogen-bond acceptors (Lipinski definition) is 5. The first-order valence-corrected chi connectivity index (χ1v) is 4.47. The van der Waals surface area contributed by atoms with Gasteiger partial charge in [0.1, 0.15) is 0 Å². The Bertz CT molecular complexity index is 346. The molecule has 0 aliphatic rings. The summed E-state index contributed by atoms with van der Waals surface area (Å²) in [6, 6.07) is 0. The Morgan fingerprint density at radius 3 is 2.80 bits per heavy atom. The molecule has 0 amide bonds. The van der Waals surface area contributed by atoms with Gasteiger partial charge in [-0.15, -0.1) is 0 Å². The molecule has 0 saturated carbocycles. The first-order chi connectivity index (χ1) is 7.26. The van der Waals surface area contributed by atoms with Crippen LogP contribution in [0.15, 0.2) is 18.5 Å². The van der Waals surface area contributed by atoms with Gasteiger partial charge in [-0.2, -0.15) is 0 Å². The van der Waals surface area contributed by atoms with Gasteiger partial charge in [-0.1, -0.05) is 0 Å². The molecule has 0 saturated heterocycles. The number of esters is 1. The number of carbonyl (C=O) groups is 1. The molecule has 1 rings (SSSR count). The van der Waals surface area contributed by atoms with E-state index in [0.29, 0.717) is 18.2 Å². The second-order valence-electron chi connectivity index (χ2n) is 2.57. The molecular weight excluding hydrogens is 196 g/mol. The Labute approximate surface area is 87.8 Å². The molecule has 5 heteroatoms. The largest absolute Gasteiger partial charge is 0.480 e. The highest BCUT2D eigenvalue weighted by molar-refractivity contribution is 5.86. The lowest BCUT2D eigenvalue weighted by molar-refractivity contribution is -0.137. The SMILES string of the molecule is CCOC(=O)/C=C/c1cnc(OC)cn1. The molecule has 0 bridgehead atoms. The van der Waals surface area contributed by atoms with E-state index in [2.05, 4.69) is 9.97 Å². The monoisotopic (exact) mass is 208 g/mol. The molecule has 0 atom stereocenters. The minimum Gasteiger partial charge on any atom is -0.480 e. The third-order valence-corrected chi connectivity index (χ3v) is 1.53. The van der Waals surface area contributed by atoms with Crippen LogP contribution in [0.1, 0.15) is 12.6 Å². The predicted octanol–water partition coefficient (Wildman–Crippen LogP) is 1.06. The Hall–Kier alpha value is -1.91. The molecule has 0 radical (unpaired) electrons. The topological polar surface area (TPSA) is 61.3 Å². The zero-order valence-corrected chi connectivity index (χ0v) is 8.64. The lowest BCUT2D eigenvalue weighted by Gasteiger charge is -1.97. The van der Waals surface area contributed by atoms with Gasteiger partial charge in [0.25, 0.3) is 0 Å². The molecule has 5 nitrogen and oxygen atoms in total. The average molecular weight is 208 g/mol. The summed E-state index contributed by atoms with van der Waals surface area (Å²) in [5.74, 6) is 0.0402. The summed E-state index contributed by atoms with van der Waals surface area (Å²) in [7, 11) is 1.51. The maximum atomic E-state index is 11.0. The van der Waals surface area contributed by atoms with E-state index < -0.39 is 5.97 Å². The number of ether oxygens (including phenoxy) is 2. The van der Waals surface area contributed by atoms with Crippen LogP contribution < -0.4 is 4.74 Å². The second kappa shape index (κ2) is 5.74. The summed E-state index contributed by atoms with van der Waals surface area (Å²) in [4.78, 5) is 18.9. The average Bonchev–Trinajstić information content (AvgIpc) is 2.27. The lowest BCUT2D eigenvalue weighted by Crippen LogP contribution is -1.99. The molecule has 15 heavy (non-hydrogen) atoms. The van der Waals surface area contributed by atoms with Crippen molar-refractivity contribution in [3.05, 3.63) is 24.2 Å².